The van der Waals surface area contributed by atoms with E-state index in [9.17, 15) is 15.0 Å². The lowest BCUT2D eigenvalue weighted by atomic mass is 9.86. The minimum absolute atomic E-state index is 0.0597. The maximum Gasteiger partial charge on any atom is 0.335 e. The number of benzene rings is 2. The van der Waals surface area contributed by atoms with Gasteiger partial charge in [-0.05, 0) is 64.4 Å². The van der Waals surface area contributed by atoms with Crippen molar-refractivity contribution >= 4 is 5.97 Å². The molecule has 0 bridgehead atoms. The molecule has 26 heavy (non-hydrogen) atoms. The summed E-state index contributed by atoms with van der Waals surface area (Å²) in [6, 6.07) is 15.4. The number of hydrogen-bond acceptors (Lipinski definition) is 3. The molecule has 2 aromatic carbocycles. The van der Waals surface area contributed by atoms with Crippen molar-refractivity contribution in [2.75, 3.05) is 6.54 Å². The quantitative estimate of drug-likeness (QED) is 0.718. The SMILES string of the molecule is CC(C)N(CC[C@H](c1ccccc1)c1cc(C(=O)O)ccc1O)C(C)C. The van der Waals surface area contributed by atoms with Gasteiger partial charge in [-0.3, -0.25) is 4.90 Å². The molecule has 0 saturated heterocycles. The van der Waals surface area contributed by atoms with E-state index < -0.39 is 5.97 Å². The van der Waals surface area contributed by atoms with Crippen LogP contribution in [0.3, 0.4) is 0 Å². The highest BCUT2D eigenvalue weighted by molar-refractivity contribution is 5.88. The highest BCUT2D eigenvalue weighted by atomic mass is 16.4. The summed E-state index contributed by atoms with van der Waals surface area (Å²) in [5.41, 5.74) is 1.95. The molecule has 2 aromatic rings. The van der Waals surface area contributed by atoms with Gasteiger partial charge >= 0.3 is 5.97 Å². The number of aromatic carboxylic acids is 1. The third kappa shape index (κ3) is 4.85. The van der Waals surface area contributed by atoms with Crippen LogP contribution in [-0.2, 0) is 0 Å². The normalized spacial score (nSPS) is 12.7. The van der Waals surface area contributed by atoms with Crippen LogP contribution in [0.25, 0.3) is 0 Å². The second-order valence-electron chi connectivity index (χ2n) is 7.26. The van der Waals surface area contributed by atoms with Crippen LogP contribution in [0.4, 0.5) is 0 Å². The largest absolute Gasteiger partial charge is 0.508 e. The lowest BCUT2D eigenvalue weighted by Crippen LogP contribution is -2.38. The van der Waals surface area contributed by atoms with Crippen LogP contribution in [-0.4, -0.2) is 39.7 Å². The van der Waals surface area contributed by atoms with Gasteiger partial charge in [-0.25, -0.2) is 4.79 Å². The molecule has 2 rings (SSSR count). The van der Waals surface area contributed by atoms with Crippen LogP contribution in [0, 0.1) is 0 Å². The molecule has 1 atom stereocenters. The van der Waals surface area contributed by atoms with E-state index in [1.54, 1.807) is 6.07 Å². The standard InChI is InChI=1S/C22H29NO3/c1-15(2)23(16(3)4)13-12-19(17-8-6-5-7-9-17)20-14-18(22(25)26)10-11-21(20)24/h5-11,14-16,19,24H,12-13H2,1-4H3,(H,25,26)/t19-/m1/s1. The zero-order valence-corrected chi connectivity index (χ0v) is 16.0. The van der Waals surface area contributed by atoms with E-state index in [1.165, 1.54) is 12.1 Å². The highest BCUT2D eigenvalue weighted by Gasteiger charge is 2.22. The van der Waals surface area contributed by atoms with E-state index in [-0.39, 0.29) is 17.2 Å². The van der Waals surface area contributed by atoms with Gasteiger partial charge in [0.05, 0.1) is 5.56 Å². The molecular formula is C22H29NO3. The summed E-state index contributed by atoms with van der Waals surface area (Å²) in [6.07, 6.45) is 0.803. The van der Waals surface area contributed by atoms with Crippen molar-refractivity contribution in [2.24, 2.45) is 0 Å². The third-order valence-electron chi connectivity index (χ3n) is 4.85. The fourth-order valence-electron chi connectivity index (χ4n) is 3.54. The van der Waals surface area contributed by atoms with Gasteiger partial charge in [-0.1, -0.05) is 30.3 Å². The van der Waals surface area contributed by atoms with Crippen LogP contribution < -0.4 is 0 Å². The molecule has 140 valence electrons. The number of carboxylic acids is 1. The lowest BCUT2D eigenvalue weighted by Gasteiger charge is -2.32. The van der Waals surface area contributed by atoms with Gasteiger partial charge < -0.3 is 10.2 Å². The maximum atomic E-state index is 11.4. The fourth-order valence-corrected chi connectivity index (χ4v) is 3.54. The minimum Gasteiger partial charge on any atom is -0.508 e. The first kappa shape index (κ1) is 20.0. The molecule has 0 spiro atoms. The monoisotopic (exact) mass is 355 g/mol. The van der Waals surface area contributed by atoms with Crippen molar-refractivity contribution in [3.63, 3.8) is 0 Å². The van der Waals surface area contributed by atoms with Crippen LogP contribution >= 0.6 is 0 Å². The Morgan fingerprint density at radius 2 is 1.62 bits per heavy atom. The first-order chi connectivity index (χ1) is 12.3. The molecule has 0 radical (unpaired) electrons. The molecule has 4 nitrogen and oxygen atoms in total. The van der Waals surface area contributed by atoms with E-state index in [1.807, 2.05) is 30.3 Å². The smallest absolute Gasteiger partial charge is 0.335 e. The summed E-state index contributed by atoms with van der Waals surface area (Å²) in [4.78, 5) is 13.8. The van der Waals surface area contributed by atoms with E-state index in [0.717, 1.165) is 18.5 Å². The van der Waals surface area contributed by atoms with Crippen LogP contribution in [0.1, 0.15) is 61.5 Å². The fraction of sp³-hybridized carbons (Fsp3) is 0.409. The number of aromatic hydroxyl groups is 1. The zero-order valence-electron chi connectivity index (χ0n) is 16.0. The molecule has 0 aromatic heterocycles. The molecular weight excluding hydrogens is 326 g/mol. The molecule has 0 fully saturated rings. The summed E-state index contributed by atoms with van der Waals surface area (Å²) in [5.74, 6) is -0.899. The van der Waals surface area contributed by atoms with E-state index in [2.05, 4.69) is 32.6 Å². The van der Waals surface area contributed by atoms with Crippen molar-refractivity contribution in [1.82, 2.24) is 4.90 Å². The van der Waals surface area contributed by atoms with E-state index in [0.29, 0.717) is 17.6 Å². The molecule has 0 aliphatic heterocycles. The van der Waals surface area contributed by atoms with Crippen molar-refractivity contribution in [2.45, 2.75) is 52.1 Å². The number of nitrogens with zero attached hydrogens (tertiary/aromatic N) is 1. The molecule has 0 aliphatic rings. The Kier molecular flexibility index (Phi) is 6.81. The van der Waals surface area contributed by atoms with Crippen LogP contribution in [0.15, 0.2) is 48.5 Å². The Labute approximate surface area is 156 Å². The Balaban J connectivity index is 2.40. The maximum absolute atomic E-state index is 11.4. The van der Waals surface area contributed by atoms with Gasteiger partial charge in [0.2, 0.25) is 0 Å². The first-order valence-corrected chi connectivity index (χ1v) is 9.18. The predicted octanol–water partition coefficient (Wildman–Crippen LogP) is 4.73. The average molecular weight is 355 g/mol. The molecule has 4 heteroatoms. The Morgan fingerprint density at radius 3 is 2.15 bits per heavy atom. The highest BCUT2D eigenvalue weighted by Crippen LogP contribution is 2.35. The average Bonchev–Trinajstić information content (AvgIpc) is 2.59. The second-order valence-corrected chi connectivity index (χ2v) is 7.26. The molecule has 0 amide bonds. The Hall–Kier alpha value is -2.33. The predicted molar refractivity (Wildman–Crippen MR) is 105 cm³/mol. The number of carboxylic acid groups (broad SMARTS) is 1. The third-order valence-corrected chi connectivity index (χ3v) is 4.85. The van der Waals surface area contributed by atoms with Crippen molar-refractivity contribution in [3.8, 4) is 5.75 Å². The number of hydrogen-bond donors (Lipinski definition) is 2. The lowest BCUT2D eigenvalue weighted by molar-refractivity contribution is 0.0696. The minimum atomic E-state index is -0.982. The first-order valence-electron chi connectivity index (χ1n) is 9.18. The summed E-state index contributed by atoms with van der Waals surface area (Å²) in [7, 11) is 0. The number of phenols is 1. The van der Waals surface area contributed by atoms with Gasteiger partial charge in [0, 0.05) is 23.6 Å². The topological polar surface area (TPSA) is 60.8 Å². The van der Waals surface area contributed by atoms with Crippen molar-refractivity contribution in [3.05, 3.63) is 65.2 Å². The summed E-state index contributed by atoms with van der Waals surface area (Å²) < 4.78 is 0. The van der Waals surface area contributed by atoms with Gasteiger partial charge in [0.25, 0.3) is 0 Å². The molecule has 0 aliphatic carbocycles. The number of rotatable bonds is 8. The van der Waals surface area contributed by atoms with Gasteiger partial charge in [-0.15, -0.1) is 0 Å². The summed E-state index contributed by atoms with van der Waals surface area (Å²) in [6.45, 7) is 9.59. The summed E-state index contributed by atoms with van der Waals surface area (Å²) >= 11 is 0. The Morgan fingerprint density at radius 1 is 1.00 bits per heavy atom. The van der Waals surface area contributed by atoms with Crippen molar-refractivity contribution in [1.29, 1.82) is 0 Å². The Bertz CT molecular complexity index is 717. The summed E-state index contributed by atoms with van der Waals surface area (Å²) in [5, 5.41) is 19.8. The molecule has 2 N–H and O–H groups in total. The van der Waals surface area contributed by atoms with Crippen LogP contribution in [0.2, 0.25) is 0 Å². The van der Waals surface area contributed by atoms with Crippen molar-refractivity contribution < 1.29 is 15.0 Å². The molecule has 0 saturated carbocycles. The number of carbonyl (C=O) groups is 1. The number of phenolic OH excluding ortho intramolecular Hbond substituents is 1. The van der Waals surface area contributed by atoms with E-state index in [4.69, 9.17) is 0 Å². The zero-order chi connectivity index (χ0) is 19.3. The van der Waals surface area contributed by atoms with E-state index >= 15 is 0 Å². The molecule has 0 unspecified atom stereocenters. The van der Waals surface area contributed by atoms with Gasteiger partial charge in [-0.2, -0.15) is 0 Å². The second kappa shape index (κ2) is 8.86. The van der Waals surface area contributed by atoms with Gasteiger partial charge in [0.15, 0.2) is 0 Å². The van der Waals surface area contributed by atoms with Gasteiger partial charge in [0.1, 0.15) is 5.75 Å². The van der Waals surface area contributed by atoms with Crippen LogP contribution in [0.5, 0.6) is 5.75 Å². The molecule has 0 heterocycles.